The van der Waals surface area contributed by atoms with E-state index >= 15 is 0 Å². The lowest BCUT2D eigenvalue weighted by Gasteiger charge is -2.33. The topological polar surface area (TPSA) is 12.5 Å². The Hall–Kier alpha value is -2.13. The van der Waals surface area contributed by atoms with Crippen molar-refractivity contribution >= 4 is 11.6 Å². The van der Waals surface area contributed by atoms with Gasteiger partial charge in [-0.1, -0.05) is 84.4 Å². The smallest absolute Gasteiger partial charge is 0.0952 e. The van der Waals surface area contributed by atoms with E-state index < -0.39 is 0 Å². The summed E-state index contributed by atoms with van der Waals surface area (Å²) in [6.07, 6.45) is 0.160. The molecule has 2 nitrogen and oxygen atoms in total. The van der Waals surface area contributed by atoms with Crippen molar-refractivity contribution in [2.45, 2.75) is 12.6 Å². The molecule has 0 aliphatic carbocycles. The number of morpholine rings is 1. The lowest BCUT2D eigenvalue weighted by molar-refractivity contribution is -0.0329. The van der Waals surface area contributed by atoms with Crippen LogP contribution in [0.25, 0.3) is 11.1 Å². The van der Waals surface area contributed by atoms with Crippen LogP contribution in [0.15, 0.2) is 78.9 Å². The highest BCUT2D eigenvalue weighted by Crippen LogP contribution is 2.28. The van der Waals surface area contributed by atoms with E-state index in [9.17, 15) is 0 Å². The van der Waals surface area contributed by atoms with Crippen LogP contribution >= 0.6 is 11.6 Å². The Labute approximate surface area is 160 Å². The van der Waals surface area contributed by atoms with Gasteiger partial charge in [-0.2, -0.15) is 0 Å². The predicted octanol–water partition coefficient (Wildman–Crippen LogP) is 5.58. The number of rotatable bonds is 4. The Balaban J connectivity index is 1.43. The van der Waals surface area contributed by atoms with Gasteiger partial charge in [-0.05, 0) is 22.8 Å². The summed E-state index contributed by atoms with van der Waals surface area (Å²) in [5, 5.41) is 0.791. The molecular formula is C23H22ClNO. The molecule has 1 saturated heterocycles. The molecule has 26 heavy (non-hydrogen) atoms. The van der Waals surface area contributed by atoms with Crippen LogP contribution in [0.4, 0.5) is 0 Å². The van der Waals surface area contributed by atoms with Crippen LogP contribution < -0.4 is 0 Å². The van der Waals surface area contributed by atoms with Gasteiger partial charge in [0.05, 0.1) is 12.7 Å². The van der Waals surface area contributed by atoms with Crippen LogP contribution in [0.2, 0.25) is 5.02 Å². The van der Waals surface area contributed by atoms with Gasteiger partial charge in [0.1, 0.15) is 0 Å². The van der Waals surface area contributed by atoms with E-state index in [0.717, 1.165) is 42.4 Å². The highest BCUT2D eigenvalue weighted by molar-refractivity contribution is 6.33. The lowest BCUT2D eigenvalue weighted by atomic mass is 10.0. The van der Waals surface area contributed by atoms with Crippen LogP contribution in [-0.2, 0) is 11.3 Å². The first kappa shape index (κ1) is 17.3. The average Bonchev–Trinajstić information content (AvgIpc) is 2.70. The Bertz CT molecular complexity index is 848. The van der Waals surface area contributed by atoms with Gasteiger partial charge in [-0.25, -0.2) is 0 Å². The molecule has 0 saturated carbocycles. The van der Waals surface area contributed by atoms with Crippen LogP contribution in [0.3, 0.4) is 0 Å². The fourth-order valence-electron chi connectivity index (χ4n) is 3.46. The van der Waals surface area contributed by atoms with E-state index in [0.29, 0.717) is 0 Å². The number of nitrogens with zero attached hydrogens (tertiary/aromatic N) is 1. The van der Waals surface area contributed by atoms with Crippen molar-refractivity contribution in [2.75, 3.05) is 19.7 Å². The van der Waals surface area contributed by atoms with Crippen molar-refractivity contribution in [1.82, 2.24) is 4.90 Å². The molecule has 132 valence electrons. The molecule has 1 heterocycles. The van der Waals surface area contributed by atoms with Crippen LogP contribution in [0, 0.1) is 0 Å². The van der Waals surface area contributed by atoms with Crippen molar-refractivity contribution in [3.63, 3.8) is 0 Å². The first-order valence-electron chi connectivity index (χ1n) is 9.02. The van der Waals surface area contributed by atoms with E-state index in [2.05, 4.69) is 59.5 Å². The first-order chi connectivity index (χ1) is 12.8. The number of ether oxygens (including phenoxy) is 1. The van der Waals surface area contributed by atoms with Gasteiger partial charge in [0.15, 0.2) is 0 Å². The zero-order valence-electron chi connectivity index (χ0n) is 14.6. The number of hydrogen-bond acceptors (Lipinski definition) is 2. The van der Waals surface area contributed by atoms with Crippen LogP contribution in [0.5, 0.6) is 0 Å². The minimum Gasteiger partial charge on any atom is -0.371 e. The lowest BCUT2D eigenvalue weighted by Crippen LogP contribution is -2.37. The largest absolute Gasteiger partial charge is 0.371 e. The maximum Gasteiger partial charge on any atom is 0.0952 e. The van der Waals surface area contributed by atoms with Gasteiger partial charge in [-0.15, -0.1) is 0 Å². The molecule has 0 spiro atoms. The monoisotopic (exact) mass is 363 g/mol. The zero-order valence-corrected chi connectivity index (χ0v) is 15.4. The molecule has 1 atom stereocenters. The molecule has 3 aromatic rings. The average molecular weight is 364 g/mol. The van der Waals surface area contributed by atoms with E-state index in [1.54, 1.807) is 0 Å². The molecule has 0 bridgehead atoms. The molecule has 1 aliphatic heterocycles. The van der Waals surface area contributed by atoms with Crippen LogP contribution in [-0.4, -0.2) is 24.6 Å². The maximum absolute atomic E-state index is 6.31. The van der Waals surface area contributed by atoms with Gasteiger partial charge >= 0.3 is 0 Å². The second kappa shape index (κ2) is 8.05. The van der Waals surface area contributed by atoms with E-state index in [1.165, 1.54) is 11.1 Å². The quantitative estimate of drug-likeness (QED) is 0.600. The molecule has 0 N–H and O–H groups in total. The summed E-state index contributed by atoms with van der Waals surface area (Å²) in [7, 11) is 0. The summed E-state index contributed by atoms with van der Waals surface area (Å²) >= 11 is 6.31. The van der Waals surface area contributed by atoms with Crippen molar-refractivity contribution in [3.05, 3.63) is 95.0 Å². The molecule has 0 amide bonds. The fourth-order valence-corrected chi connectivity index (χ4v) is 3.70. The SMILES string of the molecule is Clc1ccccc1-c1ccc(CN2CCO[C@@H](c3ccccc3)C2)cc1. The molecule has 3 heteroatoms. The zero-order chi connectivity index (χ0) is 17.8. The normalized spacial score (nSPS) is 18.0. The fraction of sp³-hybridized carbons (Fsp3) is 0.217. The molecular weight excluding hydrogens is 342 g/mol. The summed E-state index contributed by atoms with van der Waals surface area (Å²) < 4.78 is 5.97. The minimum atomic E-state index is 0.160. The van der Waals surface area contributed by atoms with Gasteiger partial charge in [0, 0.05) is 30.2 Å². The first-order valence-corrected chi connectivity index (χ1v) is 9.40. The van der Waals surface area contributed by atoms with Gasteiger partial charge in [-0.3, -0.25) is 4.90 Å². The second-order valence-electron chi connectivity index (χ2n) is 6.68. The van der Waals surface area contributed by atoms with Gasteiger partial charge in [0.2, 0.25) is 0 Å². The minimum absolute atomic E-state index is 0.160. The maximum atomic E-state index is 6.31. The highest BCUT2D eigenvalue weighted by atomic mass is 35.5. The standard InChI is InChI=1S/C23H22ClNO/c24-22-9-5-4-8-21(22)19-12-10-18(11-13-19)16-25-14-15-26-23(17-25)20-6-2-1-3-7-20/h1-13,23H,14-17H2/t23-/m1/s1. The molecule has 1 fully saturated rings. The van der Waals surface area contributed by atoms with Crippen molar-refractivity contribution in [3.8, 4) is 11.1 Å². The summed E-state index contributed by atoms with van der Waals surface area (Å²) in [5.41, 5.74) is 4.81. The summed E-state index contributed by atoms with van der Waals surface area (Å²) in [6, 6.07) is 27.2. The number of halogens is 1. The Morgan fingerprint density at radius 3 is 2.38 bits per heavy atom. The summed E-state index contributed by atoms with van der Waals surface area (Å²) in [5.74, 6) is 0. The molecule has 4 rings (SSSR count). The Kier molecular flexibility index (Phi) is 5.35. The molecule has 1 aliphatic rings. The number of benzene rings is 3. The summed E-state index contributed by atoms with van der Waals surface area (Å²) in [4.78, 5) is 2.46. The molecule has 3 aromatic carbocycles. The van der Waals surface area contributed by atoms with Gasteiger partial charge in [0.25, 0.3) is 0 Å². The van der Waals surface area contributed by atoms with Crippen molar-refractivity contribution in [2.24, 2.45) is 0 Å². The third-order valence-corrected chi connectivity index (χ3v) is 5.20. The van der Waals surface area contributed by atoms with E-state index in [4.69, 9.17) is 16.3 Å². The second-order valence-corrected chi connectivity index (χ2v) is 7.09. The predicted molar refractivity (Wildman–Crippen MR) is 107 cm³/mol. The Morgan fingerprint density at radius 1 is 0.885 bits per heavy atom. The van der Waals surface area contributed by atoms with Crippen LogP contribution in [0.1, 0.15) is 17.2 Å². The third kappa shape index (κ3) is 3.99. The third-order valence-electron chi connectivity index (χ3n) is 4.87. The van der Waals surface area contributed by atoms with Gasteiger partial charge < -0.3 is 4.74 Å². The molecule has 0 unspecified atom stereocenters. The van der Waals surface area contributed by atoms with Crippen molar-refractivity contribution in [1.29, 1.82) is 0 Å². The van der Waals surface area contributed by atoms with E-state index in [-0.39, 0.29) is 6.10 Å². The van der Waals surface area contributed by atoms with Crippen molar-refractivity contribution < 1.29 is 4.74 Å². The number of hydrogen-bond donors (Lipinski definition) is 0. The Morgan fingerprint density at radius 2 is 1.62 bits per heavy atom. The van der Waals surface area contributed by atoms with E-state index in [1.807, 2.05) is 24.3 Å². The molecule has 0 radical (unpaired) electrons. The highest BCUT2D eigenvalue weighted by Gasteiger charge is 2.21. The summed E-state index contributed by atoms with van der Waals surface area (Å²) in [6.45, 7) is 3.61. The molecule has 0 aromatic heterocycles.